The molecule has 3 aromatic rings. The molecule has 1 amide bonds. The molecule has 1 saturated heterocycles. The van der Waals surface area contributed by atoms with Gasteiger partial charge in [0.05, 0.1) is 17.2 Å². The SMILES string of the molecule is COC1CN(c2nc3ccc(Br)cc3c(C(=O)NCC(CCC(=O)O)c3ccccc3Cl)c2C)C1. The molecule has 1 aliphatic rings. The number of anilines is 1. The van der Waals surface area contributed by atoms with E-state index >= 15 is 0 Å². The molecule has 1 unspecified atom stereocenters. The fourth-order valence-corrected chi connectivity index (χ4v) is 5.11. The van der Waals surface area contributed by atoms with E-state index in [1.807, 2.05) is 43.3 Å². The number of ether oxygens (including phenoxy) is 1. The molecule has 0 bridgehead atoms. The Labute approximate surface area is 217 Å². The molecule has 7 nitrogen and oxygen atoms in total. The number of nitrogens with one attached hydrogen (secondary N) is 1. The first-order chi connectivity index (χ1) is 16.8. The minimum atomic E-state index is -0.886. The van der Waals surface area contributed by atoms with Crippen molar-refractivity contribution in [3.05, 3.63) is 68.7 Å². The lowest BCUT2D eigenvalue weighted by molar-refractivity contribution is -0.137. The number of carboxylic acid groups (broad SMARTS) is 1. The quantitative estimate of drug-likeness (QED) is 0.375. The number of aromatic nitrogens is 1. The number of rotatable bonds is 9. The summed E-state index contributed by atoms with van der Waals surface area (Å²) in [6.45, 7) is 3.61. The number of methoxy groups -OCH3 is 1. The van der Waals surface area contributed by atoms with Crippen molar-refractivity contribution < 1.29 is 19.4 Å². The molecule has 0 saturated carbocycles. The third kappa shape index (κ3) is 5.60. The summed E-state index contributed by atoms with van der Waals surface area (Å²) in [7, 11) is 1.69. The van der Waals surface area contributed by atoms with E-state index in [2.05, 4.69) is 26.1 Å². The topological polar surface area (TPSA) is 91.8 Å². The number of carboxylic acids is 1. The highest BCUT2D eigenvalue weighted by molar-refractivity contribution is 9.10. The Morgan fingerprint density at radius 3 is 2.71 bits per heavy atom. The monoisotopic (exact) mass is 559 g/mol. The van der Waals surface area contributed by atoms with Crippen LogP contribution in [0.4, 0.5) is 5.82 Å². The van der Waals surface area contributed by atoms with Gasteiger partial charge in [0.1, 0.15) is 5.82 Å². The molecule has 35 heavy (non-hydrogen) atoms. The van der Waals surface area contributed by atoms with Crippen LogP contribution < -0.4 is 10.2 Å². The van der Waals surface area contributed by atoms with Crippen LogP contribution in [0.15, 0.2) is 46.9 Å². The molecule has 4 rings (SSSR count). The van der Waals surface area contributed by atoms with Gasteiger partial charge in [-0.05, 0) is 43.2 Å². The number of carbonyl (C=O) groups is 2. The molecule has 1 fully saturated rings. The third-order valence-corrected chi connectivity index (χ3v) is 7.27. The van der Waals surface area contributed by atoms with Crippen molar-refractivity contribution in [2.24, 2.45) is 0 Å². The van der Waals surface area contributed by atoms with Gasteiger partial charge in [-0.3, -0.25) is 9.59 Å². The number of hydrogen-bond donors (Lipinski definition) is 2. The van der Waals surface area contributed by atoms with E-state index in [4.69, 9.17) is 21.3 Å². The number of benzene rings is 2. The predicted octanol–water partition coefficient (Wildman–Crippen LogP) is 5.17. The van der Waals surface area contributed by atoms with E-state index in [-0.39, 0.29) is 30.9 Å². The van der Waals surface area contributed by atoms with Crippen LogP contribution in [-0.4, -0.2) is 54.8 Å². The van der Waals surface area contributed by atoms with Gasteiger partial charge in [-0.1, -0.05) is 45.7 Å². The number of pyridine rings is 1. The van der Waals surface area contributed by atoms with Gasteiger partial charge in [-0.25, -0.2) is 4.98 Å². The molecule has 184 valence electrons. The number of halogens is 2. The highest BCUT2D eigenvalue weighted by Crippen LogP contribution is 2.33. The molecule has 1 atom stereocenters. The number of hydrogen-bond acceptors (Lipinski definition) is 5. The lowest BCUT2D eigenvalue weighted by Gasteiger charge is -2.40. The van der Waals surface area contributed by atoms with Crippen LogP contribution in [0.25, 0.3) is 10.9 Å². The fourth-order valence-electron chi connectivity index (χ4n) is 4.45. The van der Waals surface area contributed by atoms with E-state index in [1.165, 1.54) is 0 Å². The number of amides is 1. The van der Waals surface area contributed by atoms with Crippen molar-refractivity contribution in [2.45, 2.75) is 31.8 Å². The zero-order chi connectivity index (χ0) is 25.1. The predicted molar refractivity (Wildman–Crippen MR) is 141 cm³/mol. The van der Waals surface area contributed by atoms with Crippen molar-refractivity contribution in [1.29, 1.82) is 0 Å². The zero-order valence-electron chi connectivity index (χ0n) is 19.6. The molecule has 1 aliphatic heterocycles. The summed E-state index contributed by atoms with van der Waals surface area (Å²) in [6, 6.07) is 13.0. The highest BCUT2D eigenvalue weighted by atomic mass is 79.9. The van der Waals surface area contributed by atoms with Crippen molar-refractivity contribution in [1.82, 2.24) is 10.3 Å². The van der Waals surface area contributed by atoms with Crippen molar-refractivity contribution in [3.63, 3.8) is 0 Å². The van der Waals surface area contributed by atoms with Crippen LogP contribution in [0.2, 0.25) is 5.02 Å². The second-order valence-electron chi connectivity index (χ2n) is 8.72. The smallest absolute Gasteiger partial charge is 0.303 e. The Morgan fingerprint density at radius 2 is 2.03 bits per heavy atom. The van der Waals surface area contributed by atoms with Crippen LogP contribution in [-0.2, 0) is 9.53 Å². The van der Waals surface area contributed by atoms with Gasteiger partial charge in [0.2, 0.25) is 0 Å². The fraction of sp³-hybridized carbons (Fsp3) is 0.346. The number of fused-ring (bicyclic) bond motifs is 1. The van der Waals surface area contributed by atoms with Crippen LogP contribution in [0.1, 0.15) is 40.2 Å². The highest BCUT2D eigenvalue weighted by Gasteiger charge is 2.31. The van der Waals surface area contributed by atoms with E-state index < -0.39 is 5.97 Å². The molecule has 9 heteroatoms. The van der Waals surface area contributed by atoms with Crippen LogP contribution >= 0.6 is 27.5 Å². The number of aliphatic carboxylic acids is 1. The second kappa shape index (κ2) is 10.9. The maximum absolute atomic E-state index is 13.6. The molecular formula is C26H27BrClN3O4. The Morgan fingerprint density at radius 1 is 1.29 bits per heavy atom. The molecule has 1 aromatic heterocycles. The van der Waals surface area contributed by atoms with Gasteiger partial charge < -0.3 is 20.1 Å². The summed E-state index contributed by atoms with van der Waals surface area (Å²) in [5.41, 5.74) is 2.90. The lowest BCUT2D eigenvalue weighted by atomic mass is 9.93. The van der Waals surface area contributed by atoms with Crippen LogP contribution in [0.5, 0.6) is 0 Å². The van der Waals surface area contributed by atoms with Gasteiger partial charge in [-0.2, -0.15) is 0 Å². The summed E-state index contributed by atoms with van der Waals surface area (Å²) in [4.78, 5) is 31.8. The minimum absolute atomic E-state index is 0.0182. The Hall–Kier alpha value is -2.68. The maximum Gasteiger partial charge on any atom is 0.303 e. The normalized spacial score (nSPS) is 14.6. The van der Waals surface area contributed by atoms with Gasteiger partial charge in [0.15, 0.2) is 0 Å². The summed E-state index contributed by atoms with van der Waals surface area (Å²) in [5.74, 6) is -0.582. The summed E-state index contributed by atoms with van der Waals surface area (Å²) in [5, 5.41) is 13.6. The first-order valence-corrected chi connectivity index (χ1v) is 12.6. The zero-order valence-corrected chi connectivity index (χ0v) is 21.9. The molecule has 2 heterocycles. The summed E-state index contributed by atoms with van der Waals surface area (Å²) in [6.07, 6.45) is 0.494. The lowest BCUT2D eigenvalue weighted by Crippen LogP contribution is -2.52. The average molecular weight is 561 g/mol. The van der Waals surface area contributed by atoms with Gasteiger partial charge in [0.25, 0.3) is 5.91 Å². The van der Waals surface area contributed by atoms with Gasteiger partial charge >= 0.3 is 5.97 Å². The summed E-state index contributed by atoms with van der Waals surface area (Å²) >= 11 is 9.91. The first kappa shape index (κ1) is 25.4. The third-order valence-electron chi connectivity index (χ3n) is 6.43. The number of carbonyl (C=O) groups excluding carboxylic acids is 1. The average Bonchev–Trinajstić information content (AvgIpc) is 2.79. The largest absolute Gasteiger partial charge is 0.481 e. The standard InChI is InChI=1S/C26H27BrClN3O4/c1-15-24(20-11-17(27)8-9-22(20)30-25(15)31-13-18(14-31)35-2)26(34)29-12-16(7-10-23(32)33)19-5-3-4-6-21(19)28/h3-6,8-9,11,16,18H,7,10,12-14H2,1-2H3,(H,29,34)(H,32,33). The molecular weight excluding hydrogens is 534 g/mol. The molecule has 2 N–H and O–H groups in total. The minimum Gasteiger partial charge on any atom is -0.481 e. The number of nitrogens with zero attached hydrogens (tertiary/aromatic N) is 2. The Balaban J connectivity index is 1.65. The van der Waals surface area contributed by atoms with E-state index in [9.17, 15) is 14.7 Å². The van der Waals surface area contributed by atoms with Crippen molar-refractivity contribution >= 4 is 56.1 Å². The Bertz CT molecular complexity index is 1260. The van der Waals surface area contributed by atoms with E-state index in [0.29, 0.717) is 17.0 Å². The molecule has 0 spiro atoms. The first-order valence-electron chi connectivity index (χ1n) is 11.4. The van der Waals surface area contributed by atoms with Gasteiger partial charge in [0, 0.05) is 59.5 Å². The van der Waals surface area contributed by atoms with Crippen LogP contribution in [0, 0.1) is 6.92 Å². The van der Waals surface area contributed by atoms with E-state index in [1.54, 1.807) is 13.2 Å². The van der Waals surface area contributed by atoms with Crippen molar-refractivity contribution in [3.8, 4) is 0 Å². The van der Waals surface area contributed by atoms with Gasteiger partial charge in [-0.15, -0.1) is 0 Å². The second-order valence-corrected chi connectivity index (χ2v) is 10.0. The van der Waals surface area contributed by atoms with Crippen molar-refractivity contribution in [2.75, 3.05) is 31.6 Å². The van der Waals surface area contributed by atoms with Crippen LogP contribution in [0.3, 0.4) is 0 Å². The summed E-state index contributed by atoms with van der Waals surface area (Å²) < 4.78 is 6.26. The van der Waals surface area contributed by atoms with E-state index in [0.717, 1.165) is 45.4 Å². The Kier molecular flexibility index (Phi) is 7.94. The molecule has 2 aromatic carbocycles. The molecule has 0 radical (unpaired) electrons. The molecule has 0 aliphatic carbocycles. The maximum atomic E-state index is 13.6.